The molecule has 13 nitrogen and oxygen atoms in total. The number of hydrogen-bond acceptors (Lipinski definition) is 8. The Labute approximate surface area is 227 Å². The second-order valence-corrected chi connectivity index (χ2v) is 10.9. The Morgan fingerprint density at radius 1 is 1.08 bits per heavy atom. The van der Waals surface area contributed by atoms with E-state index in [0.717, 1.165) is 32.6 Å². The highest BCUT2D eigenvalue weighted by molar-refractivity contribution is 5.93. The van der Waals surface area contributed by atoms with E-state index in [1.54, 1.807) is 30.2 Å². The number of fused-ring (bicyclic) bond motifs is 6. The van der Waals surface area contributed by atoms with Crippen molar-refractivity contribution in [2.75, 3.05) is 73.0 Å². The fourth-order valence-corrected chi connectivity index (χ4v) is 5.63. The van der Waals surface area contributed by atoms with Gasteiger partial charge in [-0.2, -0.15) is 0 Å². The molecule has 5 heterocycles. The van der Waals surface area contributed by atoms with Crippen molar-refractivity contribution in [2.45, 2.75) is 25.4 Å². The number of pyridine rings is 1. The topological polar surface area (TPSA) is 129 Å². The minimum atomic E-state index is -0.407. The van der Waals surface area contributed by atoms with E-state index in [0.29, 0.717) is 25.3 Å². The van der Waals surface area contributed by atoms with Gasteiger partial charge in [-0.15, -0.1) is 5.10 Å². The van der Waals surface area contributed by atoms with Gasteiger partial charge in [-0.3, -0.25) is 24.1 Å². The summed E-state index contributed by atoms with van der Waals surface area (Å²) in [6.07, 6.45) is 4.66. The number of rotatable bonds is 2. The molecule has 3 aliphatic heterocycles. The van der Waals surface area contributed by atoms with Crippen LogP contribution in [0.25, 0.3) is 0 Å². The minimum absolute atomic E-state index is 0.0576. The Morgan fingerprint density at radius 3 is 2.77 bits per heavy atom. The van der Waals surface area contributed by atoms with E-state index in [9.17, 15) is 19.2 Å². The van der Waals surface area contributed by atoms with Gasteiger partial charge in [0.1, 0.15) is 11.3 Å². The maximum Gasteiger partial charge on any atom is 0.263 e. The number of nitrogens with one attached hydrogen (secondary N) is 1. The van der Waals surface area contributed by atoms with Gasteiger partial charge < -0.3 is 24.6 Å². The number of carbonyl (C=O) groups excluding carboxylic acids is 3. The lowest BCUT2D eigenvalue weighted by Gasteiger charge is -2.23. The Morgan fingerprint density at radius 2 is 1.92 bits per heavy atom. The Kier molecular flexibility index (Phi) is 8.07. The Balaban J connectivity index is 1.37. The first-order chi connectivity index (χ1) is 18.8. The number of nitrogens with zero attached hydrogens (tertiary/aromatic N) is 8. The summed E-state index contributed by atoms with van der Waals surface area (Å²) in [4.78, 5) is 59.9. The number of hydrogen-bond donors (Lipinski definition) is 1. The summed E-state index contributed by atoms with van der Waals surface area (Å²) in [6, 6.07) is 2.96. The van der Waals surface area contributed by atoms with Gasteiger partial charge in [0.25, 0.3) is 11.5 Å². The van der Waals surface area contributed by atoms with Crippen LogP contribution in [0.15, 0.2) is 29.3 Å². The fraction of sp³-hybridized carbons (Fsp3) is 0.615. The number of aromatic nitrogens is 4. The van der Waals surface area contributed by atoms with Gasteiger partial charge in [0.05, 0.1) is 25.3 Å². The van der Waals surface area contributed by atoms with E-state index in [1.165, 1.54) is 15.5 Å². The highest BCUT2D eigenvalue weighted by atomic mass is 16.2. The van der Waals surface area contributed by atoms with Gasteiger partial charge in [0, 0.05) is 64.9 Å². The molecule has 0 radical (unpaired) electrons. The van der Waals surface area contributed by atoms with Crippen molar-refractivity contribution in [3.63, 3.8) is 0 Å². The van der Waals surface area contributed by atoms with Crippen LogP contribution in [0.1, 0.15) is 34.9 Å². The molecule has 0 spiro atoms. The van der Waals surface area contributed by atoms with Crippen molar-refractivity contribution in [1.82, 2.24) is 44.5 Å². The van der Waals surface area contributed by atoms with E-state index in [4.69, 9.17) is 0 Å². The van der Waals surface area contributed by atoms with Crippen LogP contribution < -0.4 is 10.9 Å². The van der Waals surface area contributed by atoms with Gasteiger partial charge in [0.15, 0.2) is 0 Å². The Hall–Kier alpha value is -3.58. The Bertz CT molecular complexity index is 1270. The number of likely N-dealkylation sites (N-methyl/N-ethyl adjacent to an activating group) is 2. The third-order valence-electron chi connectivity index (χ3n) is 7.97. The third-order valence-corrected chi connectivity index (χ3v) is 7.97. The minimum Gasteiger partial charge on any atom is -0.354 e. The van der Waals surface area contributed by atoms with Gasteiger partial charge in [0.2, 0.25) is 11.8 Å². The molecule has 5 rings (SSSR count). The SMILES string of the molecule is CN1CCCN(CC(=O)N2C[C@@H]3CC(=O)NCCN(C)C(=O)c4cccn(c4=O)Cc4cn(nn4)[C@@H]3C2)CC1. The lowest BCUT2D eigenvalue weighted by molar-refractivity contribution is -0.132. The molecule has 0 aliphatic carbocycles. The lowest BCUT2D eigenvalue weighted by Crippen LogP contribution is -2.41. The molecule has 39 heavy (non-hydrogen) atoms. The van der Waals surface area contributed by atoms with Gasteiger partial charge in [-0.25, -0.2) is 4.68 Å². The maximum atomic E-state index is 13.3. The summed E-state index contributed by atoms with van der Waals surface area (Å²) >= 11 is 0. The first-order valence-electron chi connectivity index (χ1n) is 13.6. The molecule has 2 saturated heterocycles. The maximum absolute atomic E-state index is 13.3. The van der Waals surface area contributed by atoms with Crippen LogP contribution in [-0.4, -0.2) is 130 Å². The van der Waals surface area contributed by atoms with Crippen LogP contribution in [0.4, 0.5) is 0 Å². The van der Waals surface area contributed by atoms with Crippen LogP contribution in [0.2, 0.25) is 0 Å². The molecule has 13 heteroatoms. The second-order valence-electron chi connectivity index (χ2n) is 10.9. The molecule has 2 atom stereocenters. The van der Waals surface area contributed by atoms with Crippen molar-refractivity contribution >= 4 is 17.7 Å². The van der Waals surface area contributed by atoms with Crippen LogP contribution in [-0.2, 0) is 16.1 Å². The summed E-state index contributed by atoms with van der Waals surface area (Å²) in [5.74, 6) is -0.634. The van der Waals surface area contributed by atoms with Gasteiger partial charge in [-0.1, -0.05) is 5.21 Å². The fourth-order valence-electron chi connectivity index (χ4n) is 5.63. The van der Waals surface area contributed by atoms with Crippen LogP contribution in [0.5, 0.6) is 0 Å². The monoisotopic (exact) mass is 539 g/mol. The predicted molar refractivity (Wildman–Crippen MR) is 142 cm³/mol. The molecular formula is C26H37N9O4. The summed E-state index contributed by atoms with van der Waals surface area (Å²) in [7, 11) is 3.71. The predicted octanol–water partition coefficient (Wildman–Crippen LogP) is -1.28. The highest BCUT2D eigenvalue weighted by Crippen LogP contribution is 2.30. The largest absolute Gasteiger partial charge is 0.354 e. The lowest BCUT2D eigenvalue weighted by atomic mass is 9.99. The van der Waals surface area contributed by atoms with Crippen LogP contribution >= 0.6 is 0 Å². The van der Waals surface area contributed by atoms with E-state index >= 15 is 0 Å². The van der Waals surface area contributed by atoms with Gasteiger partial charge in [-0.05, 0) is 38.7 Å². The van der Waals surface area contributed by atoms with E-state index in [1.807, 2.05) is 4.90 Å². The molecule has 0 saturated carbocycles. The third kappa shape index (κ3) is 6.19. The second kappa shape index (κ2) is 11.7. The first kappa shape index (κ1) is 27.0. The summed E-state index contributed by atoms with van der Waals surface area (Å²) in [5.41, 5.74) is 0.214. The summed E-state index contributed by atoms with van der Waals surface area (Å²) in [6.45, 7) is 5.67. The zero-order valence-electron chi connectivity index (χ0n) is 22.7. The zero-order valence-corrected chi connectivity index (χ0v) is 22.7. The molecule has 0 aromatic carbocycles. The van der Waals surface area contributed by atoms with E-state index in [2.05, 4.69) is 32.5 Å². The molecule has 2 fully saturated rings. The van der Waals surface area contributed by atoms with Crippen molar-refractivity contribution in [3.05, 3.63) is 46.1 Å². The number of carbonyl (C=O) groups is 3. The molecule has 210 valence electrons. The van der Waals surface area contributed by atoms with Crippen molar-refractivity contribution in [1.29, 1.82) is 0 Å². The van der Waals surface area contributed by atoms with E-state index in [-0.39, 0.29) is 55.4 Å². The normalized spacial score (nSPS) is 23.8. The number of likely N-dealkylation sites (tertiary alicyclic amines) is 1. The number of amides is 3. The molecule has 2 aromatic rings. The molecule has 0 unspecified atom stereocenters. The van der Waals surface area contributed by atoms with Crippen LogP contribution in [0, 0.1) is 5.92 Å². The zero-order chi connectivity index (χ0) is 27.5. The average molecular weight is 540 g/mol. The molecule has 2 aromatic heterocycles. The molecule has 3 amide bonds. The molecular weight excluding hydrogens is 502 g/mol. The summed E-state index contributed by atoms with van der Waals surface area (Å²) in [5, 5.41) is 11.5. The summed E-state index contributed by atoms with van der Waals surface area (Å²) < 4.78 is 3.17. The molecule has 1 N–H and O–H groups in total. The molecule has 3 aliphatic rings. The van der Waals surface area contributed by atoms with Crippen molar-refractivity contribution in [2.24, 2.45) is 5.92 Å². The van der Waals surface area contributed by atoms with Gasteiger partial charge >= 0.3 is 0 Å². The quantitative estimate of drug-likeness (QED) is 0.500. The average Bonchev–Trinajstić information content (AvgIpc) is 3.48. The smallest absolute Gasteiger partial charge is 0.263 e. The highest BCUT2D eigenvalue weighted by Gasteiger charge is 2.38. The van der Waals surface area contributed by atoms with Crippen molar-refractivity contribution < 1.29 is 14.4 Å². The molecule has 4 bridgehead atoms. The van der Waals surface area contributed by atoms with Crippen LogP contribution in [0.3, 0.4) is 0 Å². The van der Waals surface area contributed by atoms with Crippen molar-refractivity contribution in [3.8, 4) is 0 Å². The van der Waals surface area contributed by atoms with E-state index < -0.39 is 11.5 Å². The first-order valence-corrected chi connectivity index (χ1v) is 13.6. The standard InChI is InChI=1S/C26H37N9O4/c1-30-7-4-8-32(12-11-30)18-24(37)34-14-19-13-23(36)27-6-10-31(2)25(38)21-5-3-9-33(26(21)39)15-20-16-35(29-28-20)22(19)17-34/h3,5,9,16,19,22H,4,6-8,10-15,17-18H2,1-2H3,(H,27,36)/t19-,22+/m0/s1.